The molecule has 0 saturated heterocycles. The maximum Gasteiger partial charge on any atom is 0.239 e. The first-order chi connectivity index (χ1) is 14.6. The summed E-state index contributed by atoms with van der Waals surface area (Å²) in [4.78, 5) is 21.0. The molecule has 3 aromatic heterocycles. The molecule has 152 valence electrons. The van der Waals surface area contributed by atoms with Crippen molar-refractivity contribution in [2.45, 2.75) is 26.9 Å². The summed E-state index contributed by atoms with van der Waals surface area (Å²) in [6.07, 6.45) is 5.43. The number of carbonyl (C=O) groups is 1. The average Bonchev–Trinajstić information content (AvgIpc) is 3.30. The fourth-order valence-electron chi connectivity index (χ4n) is 3.78. The number of hydrogen-bond donors (Lipinski definition) is 1. The minimum Gasteiger partial charge on any atom is -0.358 e. The van der Waals surface area contributed by atoms with Crippen LogP contribution in [0.2, 0.25) is 0 Å². The molecule has 6 heteroatoms. The summed E-state index contributed by atoms with van der Waals surface area (Å²) in [6.45, 7) is 5.19. The normalized spacial score (nSPS) is 10.9. The van der Waals surface area contributed by atoms with Crippen LogP contribution < -0.4 is 5.32 Å². The third-order valence-electron chi connectivity index (χ3n) is 5.37. The van der Waals surface area contributed by atoms with Gasteiger partial charge in [0.2, 0.25) is 5.91 Å². The molecule has 0 unspecified atom stereocenters. The van der Waals surface area contributed by atoms with Gasteiger partial charge in [-0.3, -0.25) is 9.78 Å². The number of carbonyl (C=O) groups excluding carboxylic acids is 1. The predicted molar refractivity (Wildman–Crippen MR) is 118 cm³/mol. The van der Waals surface area contributed by atoms with Gasteiger partial charge in [0.25, 0.3) is 0 Å². The second kappa shape index (κ2) is 8.37. The first-order valence-corrected chi connectivity index (χ1v) is 9.95. The molecule has 0 radical (unpaired) electrons. The van der Waals surface area contributed by atoms with Crippen LogP contribution in [0.1, 0.15) is 17.0 Å². The molecule has 1 N–H and O–H groups in total. The SMILES string of the molecule is CNC(=O)Cn1cnc(-c2ccccc2)c1-c1cc(C)n(Cc2cccnc2)c1C. The van der Waals surface area contributed by atoms with Gasteiger partial charge in [-0.25, -0.2) is 4.98 Å². The Balaban J connectivity index is 1.84. The number of likely N-dealkylation sites (N-methyl/N-ethyl adjacent to an activating group) is 1. The van der Waals surface area contributed by atoms with E-state index in [0.717, 1.165) is 46.0 Å². The van der Waals surface area contributed by atoms with Crippen molar-refractivity contribution >= 4 is 5.91 Å². The maximum atomic E-state index is 12.1. The Morgan fingerprint density at radius 3 is 2.60 bits per heavy atom. The Labute approximate surface area is 176 Å². The zero-order chi connectivity index (χ0) is 21.1. The molecule has 0 bridgehead atoms. The molecule has 0 aliphatic carbocycles. The summed E-state index contributed by atoms with van der Waals surface area (Å²) in [5, 5.41) is 2.71. The molecule has 1 amide bonds. The van der Waals surface area contributed by atoms with Crippen LogP contribution >= 0.6 is 0 Å². The van der Waals surface area contributed by atoms with E-state index in [9.17, 15) is 4.79 Å². The lowest BCUT2D eigenvalue weighted by molar-refractivity contribution is -0.121. The lowest BCUT2D eigenvalue weighted by atomic mass is 10.0. The Bertz CT molecular complexity index is 1160. The van der Waals surface area contributed by atoms with E-state index in [1.807, 2.05) is 47.2 Å². The van der Waals surface area contributed by atoms with Crippen LogP contribution in [0.4, 0.5) is 0 Å². The van der Waals surface area contributed by atoms with Gasteiger partial charge in [-0.05, 0) is 31.5 Å². The minimum absolute atomic E-state index is 0.0579. The van der Waals surface area contributed by atoms with Gasteiger partial charge >= 0.3 is 0 Å². The standard InChI is InChI=1S/C24H25N5O/c1-17-12-21(18(2)29(17)14-19-8-7-11-26-13-19)24-23(20-9-5-4-6-10-20)27-16-28(24)15-22(30)25-3/h4-13,16H,14-15H2,1-3H3,(H,25,30). The number of nitrogens with one attached hydrogen (secondary N) is 1. The van der Waals surface area contributed by atoms with Crippen LogP contribution in [-0.2, 0) is 17.9 Å². The molecule has 4 aromatic rings. The number of benzene rings is 1. The van der Waals surface area contributed by atoms with Gasteiger partial charge in [-0.2, -0.15) is 0 Å². The molecule has 0 aliphatic rings. The van der Waals surface area contributed by atoms with E-state index < -0.39 is 0 Å². The zero-order valence-electron chi connectivity index (χ0n) is 17.5. The summed E-state index contributed by atoms with van der Waals surface area (Å²) in [5.41, 5.74) is 7.37. The highest BCUT2D eigenvalue weighted by molar-refractivity contribution is 5.82. The lowest BCUT2D eigenvalue weighted by Crippen LogP contribution is -2.23. The molecule has 6 nitrogen and oxygen atoms in total. The summed E-state index contributed by atoms with van der Waals surface area (Å²) in [5.74, 6) is -0.0579. The molecule has 0 saturated carbocycles. The highest BCUT2D eigenvalue weighted by Crippen LogP contribution is 2.35. The second-order valence-corrected chi connectivity index (χ2v) is 7.34. The summed E-state index contributed by atoms with van der Waals surface area (Å²) >= 11 is 0. The van der Waals surface area contributed by atoms with E-state index >= 15 is 0 Å². The first kappa shape index (κ1) is 19.6. The second-order valence-electron chi connectivity index (χ2n) is 7.34. The molecule has 4 rings (SSSR count). The highest BCUT2D eigenvalue weighted by Gasteiger charge is 2.21. The lowest BCUT2D eigenvalue weighted by Gasteiger charge is -2.12. The first-order valence-electron chi connectivity index (χ1n) is 9.95. The van der Waals surface area contributed by atoms with Crippen LogP contribution in [-0.4, -0.2) is 32.1 Å². The summed E-state index contributed by atoms with van der Waals surface area (Å²) < 4.78 is 4.20. The molecule has 1 aromatic carbocycles. The third kappa shape index (κ3) is 3.76. The quantitative estimate of drug-likeness (QED) is 0.536. The van der Waals surface area contributed by atoms with Crippen molar-refractivity contribution in [1.82, 2.24) is 24.4 Å². The molecule has 3 heterocycles. The predicted octanol–water partition coefficient (Wildman–Crippen LogP) is 3.82. The van der Waals surface area contributed by atoms with Gasteiger partial charge in [0, 0.05) is 48.5 Å². The monoisotopic (exact) mass is 399 g/mol. The molecule has 30 heavy (non-hydrogen) atoms. The van der Waals surface area contributed by atoms with E-state index in [4.69, 9.17) is 0 Å². The number of imidazole rings is 1. The number of rotatable bonds is 6. The maximum absolute atomic E-state index is 12.1. The average molecular weight is 399 g/mol. The zero-order valence-corrected chi connectivity index (χ0v) is 17.5. The van der Waals surface area contributed by atoms with Gasteiger partial charge in [-0.15, -0.1) is 0 Å². The van der Waals surface area contributed by atoms with Crippen molar-refractivity contribution < 1.29 is 4.79 Å². The van der Waals surface area contributed by atoms with Gasteiger partial charge in [0.15, 0.2) is 0 Å². The number of amides is 1. The van der Waals surface area contributed by atoms with E-state index in [1.54, 1.807) is 19.6 Å². The number of aromatic nitrogens is 4. The van der Waals surface area contributed by atoms with E-state index in [2.05, 4.69) is 45.8 Å². The highest BCUT2D eigenvalue weighted by atomic mass is 16.1. The van der Waals surface area contributed by atoms with Crippen molar-refractivity contribution in [3.05, 3.63) is 84.2 Å². The molecule has 0 spiro atoms. The smallest absolute Gasteiger partial charge is 0.239 e. The number of aryl methyl sites for hydroxylation is 1. The van der Waals surface area contributed by atoms with Crippen LogP contribution in [0.25, 0.3) is 22.5 Å². The van der Waals surface area contributed by atoms with Crippen LogP contribution in [0, 0.1) is 13.8 Å². The van der Waals surface area contributed by atoms with E-state index in [0.29, 0.717) is 0 Å². The molecule has 0 atom stereocenters. The fraction of sp³-hybridized carbons (Fsp3) is 0.208. The van der Waals surface area contributed by atoms with Crippen LogP contribution in [0.3, 0.4) is 0 Å². The Hall–Kier alpha value is -3.67. The van der Waals surface area contributed by atoms with E-state index in [1.165, 1.54) is 0 Å². The third-order valence-corrected chi connectivity index (χ3v) is 5.37. The number of nitrogens with zero attached hydrogens (tertiary/aromatic N) is 4. The van der Waals surface area contributed by atoms with Crippen molar-refractivity contribution in [2.75, 3.05) is 7.05 Å². The van der Waals surface area contributed by atoms with Crippen LogP contribution in [0.15, 0.2) is 67.3 Å². The van der Waals surface area contributed by atoms with E-state index in [-0.39, 0.29) is 12.5 Å². The van der Waals surface area contributed by atoms with Gasteiger partial charge in [0.1, 0.15) is 6.54 Å². The summed E-state index contributed by atoms with van der Waals surface area (Å²) in [7, 11) is 1.65. The molecule has 0 aliphatic heterocycles. The molecular weight excluding hydrogens is 374 g/mol. The number of pyridine rings is 1. The summed E-state index contributed by atoms with van der Waals surface area (Å²) in [6, 6.07) is 16.3. The number of hydrogen-bond acceptors (Lipinski definition) is 3. The van der Waals surface area contributed by atoms with Crippen molar-refractivity contribution in [3.63, 3.8) is 0 Å². The van der Waals surface area contributed by atoms with Crippen molar-refractivity contribution in [3.8, 4) is 22.5 Å². The van der Waals surface area contributed by atoms with Crippen molar-refractivity contribution in [2.24, 2.45) is 0 Å². The van der Waals surface area contributed by atoms with Gasteiger partial charge in [0.05, 0.1) is 17.7 Å². The fourth-order valence-corrected chi connectivity index (χ4v) is 3.78. The molecule has 0 fully saturated rings. The largest absolute Gasteiger partial charge is 0.358 e. The van der Waals surface area contributed by atoms with Crippen LogP contribution in [0.5, 0.6) is 0 Å². The van der Waals surface area contributed by atoms with Gasteiger partial charge < -0.3 is 14.5 Å². The minimum atomic E-state index is -0.0579. The Kier molecular flexibility index (Phi) is 5.48. The van der Waals surface area contributed by atoms with Gasteiger partial charge in [-0.1, -0.05) is 36.4 Å². The van der Waals surface area contributed by atoms with Crippen molar-refractivity contribution in [1.29, 1.82) is 0 Å². The Morgan fingerprint density at radius 1 is 1.10 bits per heavy atom. The molecular formula is C24H25N5O. The topological polar surface area (TPSA) is 64.7 Å². The Morgan fingerprint density at radius 2 is 1.90 bits per heavy atom.